The standard InChI is InChI=1S/C50H57Cl2N9O8/c1-25-21-37(60(26(25)2)47(62)40(56-49(64)66-3)29-13-17-68-18-14-29)45-54-39(43(51)58-45)28-7-5-27(6-8-28)31-9-11-34-32(22-31)10-12-35(53-34)42-44(52)59-46(55-42)38-24-33-23-36(33)61(38)48(63)41(57-50(65)67-4)30-15-19-69-20-16-30/h5-12,22,25-26,29-30,33,36-38,40-41H,13-21,23-24H2,1-4H3,(H,54,58)(H,55,59)(H,56,64)(H,57,65)/t25-,26-,33?,36-,37+,38+,40+,41+/m1/s1. The molecule has 7 heterocycles. The van der Waals surface area contributed by atoms with Gasteiger partial charge < -0.3 is 49.3 Å². The van der Waals surface area contributed by atoms with Gasteiger partial charge in [0.15, 0.2) is 0 Å². The second-order valence-corrected chi connectivity index (χ2v) is 19.9. The Kier molecular flexibility index (Phi) is 13.3. The van der Waals surface area contributed by atoms with Gasteiger partial charge in [0.25, 0.3) is 0 Å². The van der Waals surface area contributed by atoms with Gasteiger partial charge in [-0.05, 0) is 105 Å². The van der Waals surface area contributed by atoms with Gasteiger partial charge in [-0.2, -0.15) is 0 Å². The maximum absolute atomic E-state index is 14.4. The predicted octanol–water partition coefficient (Wildman–Crippen LogP) is 8.25. The number of ether oxygens (including phenoxy) is 4. The molecular weight excluding hydrogens is 926 g/mol. The van der Waals surface area contributed by atoms with Crippen LogP contribution in [-0.2, 0) is 28.5 Å². The van der Waals surface area contributed by atoms with E-state index in [4.69, 9.17) is 57.1 Å². The lowest BCUT2D eigenvalue weighted by Gasteiger charge is -2.36. The van der Waals surface area contributed by atoms with Crippen molar-refractivity contribution in [3.05, 3.63) is 76.6 Å². The van der Waals surface area contributed by atoms with Crippen molar-refractivity contribution < 1.29 is 38.1 Å². The number of nitrogens with zero attached hydrogens (tertiary/aromatic N) is 5. The summed E-state index contributed by atoms with van der Waals surface area (Å²) < 4.78 is 21.0. The number of hydrogen-bond donors (Lipinski definition) is 4. The van der Waals surface area contributed by atoms with Crippen LogP contribution in [0, 0.1) is 23.7 Å². The molecule has 8 atom stereocenters. The molecule has 1 unspecified atom stereocenters. The number of nitrogens with one attached hydrogen (secondary N) is 4. The van der Waals surface area contributed by atoms with Crippen molar-refractivity contribution in [1.29, 1.82) is 0 Å². The van der Waals surface area contributed by atoms with E-state index in [0.717, 1.165) is 40.4 Å². The number of methoxy groups -OCH3 is 2. The van der Waals surface area contributed by atoms with Crippen LogP contribution in [0.2, 0.25) is 10.3 Å². The summed E-state index contributed by atoms with van der Waals surface area (Å²) in [6.45, 7) is 6.28. The second kappa shape index (κ2) is 19.6. The largest absolute Gasteiger partial charge is 0.453 e. The highest BCUT2D eigenvalue weighted by Crippen LogP contribution is 2.54. The zero-order chi connectivity index (χ0) is 48.1. The molecule has 364 valence electrons. The molecule has 69 heavy (non-hydrogen) atoms. The van der Waals surface area contributed by atoms with Gasteiger partial charge in [-0.25, -0.2) is 24.5 Å². The topological polar surface area (TPSA) is 206 Å². The number of H-pyrrole nitrogens is 2. The molecule has 19 heteroatoms. The molecule has 4 N–H and O–H groups in total. The fourth-order valence-corrected chi connectivity index (χ4v) is 11.5. The fourth-order valence-electron chi connectivity index (χ4n) is 11.1. The lowest BCUT2D eigenvalue weighted by molar-refractivity contribution is -0.139. The summed E-state index contributed by atoms with van der Waals surface area (Å²) in [4.78, 5) is 78.9. The summed E-state index contributed by atoms with van der Waals surface area (Å²) in [5, 5.41) is 7.31. The molecule has 5 aromatic rings. The summed E-state index contributed by atoms with van der Waals surface area (Å²) in [6.07, 6.45) is 3.71. The molecule has 2 aromatic carbocycles. The highest BCUT2D eigenvalue weighted by Gasteiger charge is 2.57. The van der Waals surface area contributed by atoms with Crippen molar-refractivity contribution >= 4 is 58.1 Å². The van der Waals surface area contributed by atoms with Crippen LogP contribution in [0.5, 0.6) is 0 Å². The average molecular weight is 983 g/mol. The molecule has 0 spiro atoms. The van der Waals surface area contributed by atoms with Crippen molar-refractivity contribution in [3.63, 3.8) is 0 Å². The van der Waals surface area contributed by atoms with Crippen molar-refractivity contribution in [2.24, 2.45) is 23.7 Å². The van der Waals surface area contributed by atoms with Gasteiger partial charge in [0.1, 0.15) is 45.4 Å². The van der Waals surface area contributed by atoms with Crippen molar-refractivity contribution in [2.45, 2.75) is 95.0 Å². The van der Waals surface area contributed by atoms with Crippen LogP contribution in [0.15, 0.2) is 54.6 Å². The Balaban J connectivity index is 0.846. The van der Waals surface area contributed by atoms with Gasteiger partial charge >= 0.3 is 12.2 Å². The molecule has 4 saturated heterocycles. The highest BCUT2D eigenvalue weighted by atomic mass is 35.5. The Hall–Kier alpha value is -5.75. The van der Waals surface area contributed by atoms with Gasteiger partial charge in [-0.1, -0.05) is 66.5 Å². The number of imidazole rings is 2. The van der Waals surface area contributed by atoms with Gasteiger partial charge in [0, 0.05) is 49.5 Å². The monoisotopic (exact) mass is 981 g/mol. The third kappa shape index (κ3) is 9.26. The number of likely N-dealkylation sites (tertiary alicyclic amines) is 2. The van der Waals surface area contributed by atoms with Crippen LogP contribution in [0.3, 0.4) is 0 Å². The number of piperidine rings is 1. The minimum absolute atomic E-state index is 0.0687. The summed E-state index contributed by atoms with van der Waals surface area (Å²) in [5.41, 5.74) is 5.24. The number of aromatic amines is 2. The molecule has 5 fully saturated rings. The Bertz CT molecular complexity index is 2740. The lowest BCUT2D eigenvalue weighted by atomic mass is 9.90. The maximum Gasteiger partial charge on any atom is 0.407 e. The summed E-state index contributed by atoms with van der Waals surface area (Å²) in [5.74, 6) is 1.27. The van der Waals surface area contributed by atoms with Gasteiger partial charge in [-0.3, -0.25) is 9.59 Å². The normalized spacial score (nSPS) is 24.7. The number of carbonyl (C=O) groups is 4. The SMILES string of the molecule is COC(=O)N[C@H](C(=O)N1[C@@H]2CC2C[C@H]1c1nc(-c2ccc3cc(-c4ccc(-c5nc([C@@H]6C[C@@H](C)[C@@H](C)N6C(=O)[C@@H](NC(=O)OC)C6CCOCC6)[nH]c5Cl)cc4)ccc3n2)c(Cl)[nH]1)C1CCOCC1. The van der Waals surface area contributed by atoms with E-state index in [1.165, 1.54) is 14.2 Å². The third-order valence-electron chi connectivity index (χ3n) is 15.1. The van der Waals surface area contributed by atoms with E-state index < -0.39 is 24.3 Å². The van der Waals surface area contributed by atoms with E-state index in [9.17, 15) is 19.2 Å². The van der Waals surface area contributed by atoms with Crippen LogP contribution < -0.4 is 10.6 Å². The fraction of sp³-hybridized carbons (Fsp3) is 0.500. The average Bonchev–Trinajstić information content (AvgIpc) is 3.61. The summed E-state index contributed by atoms with van der Waals surface area (Å²) in [7, 11) is 2.60. The first-order valence-electron chi connectivity index (χ1n) is 23.9. The molecule has 17 nitrogen and oxygen atoms in total. The number of alkyl carbamates (subject to hydrolysis) is 2. The molecule has 4 amide bonds. The Labute approximate surface area is 409 Å². The number of hydrogen-bond acceptors (Lipinski definition) is 11. The number of benzene rings is 2. The van der Waals surface area contributed by atoms with Gasteiger partial charge in [0.05, 0.1) is 37.5 Å². The molecule has 5 aliphatic rings. The second-order valence-electron chi connectivity index (χ2n) is 19.2. The van der Waals surface area contributed by atoms with Crippen molar-refractivity contribution in [1.82, 2.24) is 45.4 Å². The number of rotatable bonds is 11. The van der Waals surface area contributed by atoms with E-state index in [1.54, 1.807) is 0 Å². The van der Waals surface area contributed by atoms with Crippen LogP contribution in [0.1, 0.15) is 82.5 Å². The van der Waals surface area contributed by atoms with E-state index in [2.05, 4.69) is 33.6 Å². The Morgan fingerprint density at radius 2 is 1.20 bits per heavy atom. The molecule has 0 radical (unpaired) electrons. The highest BCUT2D eigenvalue weighted by molar-refractivity contribution is 6.32. The number of fused-ring (bicyclic) bond motifs is 2. The van der Waals surface area contributed by atoms with E-state index in [0.29, 0.717) is 103 Å². The quantitative estimate of drug-likeness (QED) is 0.0992. The van der Waals surface area contributed by atoms with Crippen LogP contribution in [0.4, 0.5) is 9.59 Å². The molecule has 1 saturated carbocycles. The Morgan fingerprint density at radius 1 is 0.667 bits per heavy atom. The maximum atomic E-state index is 14.4. The van der Waals surface area contributed by atoms with Gasteiger partial charge in [0.2, 0.25) is 11.8 Å². The molecule has 10 rings (SSSR count). The van der Waals surface area contributed by atoms with Crippen LogP contribution in [-0.4, -0.2) is 124 Å². The molecule has 1 aliphatic carbocycles. The zero-order valence-corrected chi connectivity index (χ0v) is 40.5. The first-order valence-corrected chi connectivity index (χ1v) is 24.7. The lowest BCUT2D eigenvalue weighted by Crippen LogP contribution is -2.54. The molecule has 0 bridgehead atoms. The number of carbonyl (C=O) groups excluding carboxylic acids is 4. The number of halogens is 2. The van der Waals surface area contributed by atoms with Crippen LogP contribution >= 0.6 is 23.2 Å². The smallest absolute Gasteiger partial charge is 0.407 e. The third-order valence-corrected chi connectivity index (χ3v) is 15.7. The number of aromatic nitrogens is 5. The molecule has 4 aliphatic heterocycles. The minimum Gasteiger partial charge on any atom is -0.453 e. The Morgan fingerprint density at radius 3 is 1.81 bits per heavy atom. The van der Waals surface area contributed by atoms with Gasteiger partial charge in [-0.15, -0.1) is 0 Å². The van der Waals surface area contributed by atoms with E-state index >= 15 is 0 Å². The van der Waals surface area contributed by atoms with Crippen molar-refractivity contribution in [3.8, 4) is 33.8 Å². The minimum atomic E-state index is -0.759. The van der Waals surface area contributed by atoms with Crippen LogP contribution in [0.25, 0.3) is 44.7 Å². The summed E-state index contributed by atoms with van der Waals surface area (Å²) >= 11 is 13.7. The summed E-state index contributed by atoms with van der Waals surface area (Å²) in [6, 6.07) is 15.8. The first-order chi connectivity index (χ1) is 33.4. The molecular formula is C50H57Cl2N9O8. The first kappa shape index (κ1) is 47.0. The van der Waals surface area contributed by atoms with Crippen molar-refractivity contribution in [2.75, 3.05) is 40.6 Å². The predicted molar refractivity (Wildman–Crippen MR) is 257 cm³/mol. The van der Waals surface area contributed by atoms with E-state index in [1.807, 2.05) is 65.3 Å². The van der Waals surface area contributed by atoms with E-state index in [-0.39, 0.29) is 53.7 Å². The zero-order valence-electron chi connectivity index (χ0n) is 39.0. The number of amides is 4. The number of pyridine rings is 1. The molecule has 3 aromatic heterocycles.